The molecule has 3 aromatic carbocycles. The minimum atomic E-state index is -0.361. The number of hydrogen-bond acceptors (Lipinski definition) is 5. The van der Waals surface area contributed by atoms with E-state index in [9.17, 15) is 9.59 Å². The summed E-state index contributed by atoms with van der Waals surface area (Å²) in [5, 5.41) is 1.65. The molecule has 0 saturated carbocycles. The maximum absolute atomic E-state index is 12.5. The van der Waals surface area contributed by atoms with Crippen LogP contribution in [0.1, 0.15) is 34.0 Å². The molecule has 4 aromatic rings. The molecule has 0 radical (unpaired) electrons. The molecule has 0 spiro atoms. The van der Waals surface area contributed by atoms with Crippen LogP contribution in [0, 0.1) is 13.8 Å². The van der Waals surface area contributed by atoms with Gasteiger partial charge in [0.1, 0.15) is 5.03 Å². The summed E-state index contributed by atoms with van der Waals surface area (Å²) >= 11 is 1.33. The second kappa shape index (κ2) is 10.5. The van der Waals surface area contributed by atoms with Gasteiger partial charge in [0.2, 0.25) is 5.91 Å². The summed E-state index contributed by atoms with van der Waals surface area (Å²) in [6.45, 7) is 6.08. The van der Waals surface area contributed by atoms with Gasteiger partial charge in [-0.15, -0.1) is 0 Å². The van der Waals surface area contributed by atoms with Crippen molar-refractivity contribution in [1.82, 2.24) is 20.8 Å². The Morgan fingerprint density at radius 3 is 2.41 bits per heavy atom. The van der Waals surface area contributed by atoms with Crippen molar-refractivity contribution in [1.29, 1.82) is 0 Å². The van der Waals surface area contributed by atoms with Crippen molar-refractivity contribution >= 4 is 34.5 Å². The molecule has 0 saturated heterocycles. The van der Waals surface area contributed by atoms with Crippen LogP contribution in [-0.2, 0) is 11.2 Å². The van der Waals surface area contributed by atoms with Gasteiger partial charge in [0.25, 0.3) is 5.91 Å². The number of thioether (sulfide) groups is 1. The van der Waals surface area contributed by atoms with Crippen LogP contribution in [0.2, 0.25) is 0 Å². The summed E-state index contributed by atoms with van der Waals surface area (Å²) < 4.78 is 0. The van der Waals surface area contributed by atoms with Crippen molar-refractivity contribution in [3.63, 3.8) is 0 Å². The lowest BCUT2D eigenvalue weighted by Crippen LogP contribution is -2.42. The molecule has 0 unspecified atom stereocenters. The highest BCUT2D eigenvalue weighted by Gasteiger charge is 2.14. The molecule has 0 atom stereocenters. The predicted octanol–water partition coefficient (Wildman–Crippen LogP) is 5.03. The summed E-state index contributed by atoms with van der Waals surface area (Å²) in [4.78, 5) is 34.3. The van der Waals surface area contributed by atoms with Gasteiger partial charge in [-0.05, 0) is 56.2 Å². The van der Waals surface area contributed by atoms with Gasteiger partial charge in [-0.3, -0.25) is 20.4 Å². The van der Waals surface area contributed by atoms with Gasteiger partial charge in [0, 0.05) is 16.5 Å². The first-order chi connectivity index (χ1) is 16.4. The summed E-state index contributed by atoms with van der Waals surface area (Å²) in [7, 11) is 0. The molecule has 4 rings (SSSR count). The maximum atomic E-state index is 12.5. The van der Waals surface area contributed by atoms with E-state index in [1.807, 2.05) is 56.3 Å². The van der Waals surface area contributed by atoms with Gasteiger partial charge >= 0.3 is 0 Å². The molecule has 0 aliphatic heterocycles. The standard InChI is InChI=1S/C27H26N4O2S/c1-4-19-10-13-23-22(15-19)27(29-25(28-23)21-7-5-6-18(3)14-21)34-16-24(32)30-31-26(33)20-11-8-17(2)9-12-20/h5-15H,4,16H2,1-3H3,(H,30,32)(H,31,33). The van der Waals surface area contributed by atoms with E-state index in [0.717, 1.165) is 39.0 Å². The van der Waals surface area contributed by atoms with Crippen molar-refractivity contribution in [3.8, 4) is 11.4 Å². The third kappa shape index (κ3) is 5.61. The molecule has 0 fully saturated rings. The number of benzene rings is 3. The van der Waals surface area contributed by atoms with Gasteiger partial charge in [-0.1, -0.05) is 66.2 Å². The first-order valence-corrected chi connectivity index (χ1v) is 12.1. The molecule has 1 aromatic heterocycles. The number of nitrogens with one attached hydrogen (secondary N) is 2. The van der Waals surface area contributed by atoms with Crippen LogP contribution in [0.3, 0.4) is 0 Å². The molecule has 172 valence electrons. The van der Waals surface area contributed by atoms with Gasteiger partial charge in [-0.2, -0.15) is 0 Å². The average Bonchev–Trinajstić information content (AvgIpc) is 2.85. The van der Waals surface area contributed by atoms with Crippen LogP contribution < -0.4 is 10.9 Å². The van der Waals surface area contributed by atoms with Crippen LogP contribution in [-0.4, -0.2) is 27.5 Å². The Labute approximate surface area is 203 Å². The fraction of sp³-hybridized carbons (Fsp3) is 0.185. The van der Waals surface area contributed by atoms with Crippen molar-refractivity contribution in [2.75, 3.05) is 5.75 Å². The van der Waals surface area contributed by atoms with E-state index >= 15 is 0 Å². The van der Waals surface area contributed by atoms with E-state index in [-0.39, 0.29) is 17.6 Å². The molecule has 0 bridgehead atoms. The Hall–Kier alpha value is -3.71. The lowest BCUT2D eigenvalue weighted by molar-refractivity contribution is -0.119. The third-order valence-electron chi connectivity index (χ3n) is 5.38. The first kappa shape index (κ1) is 23.4. The molecular formula is C27H26N4O2S. The molecule has 2 amide bonds. The zero-order valence-corrected chi connectivity index (χ0v) is 20.2. The summed E-state index contributed by atoms with van der Waals surface area (Å²) in [6.07, 6.45) is 0.894. The number of rotatable bonds is 6. The average molecular weight is 471 g/mol. The molecule has 0 aliphatic rings. The summed E-state index contributed by atoms with van der Waals surface area (Å²) in [5.41, 5.74) is 10.6. The summed E-state index contributed by atoms with van der Waals surface area (Å²) in [5.74, 6) is 0.0429. The van der Waals surface area contributed by atoms with Crippen molar-refractivity contribution in [3.05, 3.63) is 89.0 Å². The van der Waals surface area contributed by atoms with Crippen LogP contribution in [0.4, 0.5) is 0 Å². The highest BCUT2D eigenvalue weighted by atomic mass is 32.2. The number of aromatic nitrogens is 2. The zero-order chi connectivity index (χ0) is 24.1. The van der Waals surface area contributed by atoms with Crippen LogP contribution >= 0.6 is 11.8 Å². The van der Waals surface area contributed by atoms with Crippen molar-refractivity contribution < 1.29 is 9.59 Å². The fourth-order valence-electron chi connectivity index (χ4n) is 3.46. The normalized spacial score (nSPS) is 10.8. The highest BCUT2D eigenvalue weighted by Crippen LogP contribution is 2.29. The lowest BCUT2D eigenvalue weighted by atomic mass is 10.1. The van der Waals surface area contributed by atoms with E-state index in [1.165, 1.54) is 17.3 Å². The molecule has 6 nitrogen and oxygen atoms in total. The molecule has 7 heteroatoms. The number of aryl methyl sites for hydroxylation is 3. The Kier molecular flexibility index (Phi) is 7.23. The minimum Gasteiger partial charge on any atom is -0.272 e. The van der Waals surface area contributed by atoms with E-state index in [4.69, 9.17) is 9.97 Å². The SMILES string of the molecule is CCc1ccc2nc(-c3cccc(C)c3)nc(SCC(=O)NNC(=O)c3ccc(C)cc3)c2c1. The monoisotopic (exact) mass is 470 g/mol. The number of carbonyl (C=O) groups excluding carboxylic acids is 2. The van der Waals surface area contributed by atoms with Gasteiger partial charge < -0.3 is 0 Å². The molecular weight excluding hydrogens is 444 g/mol. The topological polar surface area (TPSA) is 84.0 Å². The molecule has 0 aliphatic carbocycles. The second-order valence-corrected chi connectivity index (χ2v) is 9.05. The van der Waals surface area contributed by atoms with Crippen LogP contribution in [0.5, 0.6) is 0 Å². The number of carbonyl (C=O) groups is 2. The van der Waals surface area contributed by atoms with E-state index < -0.39 is 0 Å². The Morgan fingerprint density at radius 2 is 1.68 bits per heavy atom. The Bertz CT molecular complexity index is 1350. The zero-order valence-electron chi connectivity index (χ0n) is 19.4. The Balaban J connectivity index is 1.52. The third-order valence-corrected chi connectivity index (χ3v) is 6.37. The molecule has 1 heterocycles. The van der Waals surface area contributed by atoms with Gasteiger partial charge in [0.15, 0.2) is 5.82 Å². The quantitative estimate of drug-likeness (QED) is 0.235. The largest absolute Gasteiger partial charge is 0.272 e. The maximum Gasteiger partial charge on any atom is 0.269 e. The number of nitrogens with zero attached hydrogens (tertiary/aromatic N) is 2. The van der Waals surface area contributed by atoms with E-state index in [2.05, 4.69) is 29.9 Å². The Morgan fingerprint density at radius 1 is 0.882 bits per heavy atom. The number of hydrazine groups is 1. The number of fused-ring (bicyclic) bond motifs is 1. The van der Waals surface area contributed by atoms with Gasteiger partial charge in [-0.25, -0.2) is 9.97 Å². The molecule has 34 heavy (non-hydrogen) atoms. The van der Waals surface area contributed by atoms with Crippen LogP contribution in [0.15, 0.2) is 71.8 Å². The second-order valence-electron chi connectivity index (χ2n) is 8.08. The lowest BCUT2D eigenvalue weighted by Gasteiger charge is -2.11. The van der Waals surface area contributed by atoms with E-state index in [0.29, 0.717) is 11.4 Å². The van der Waals surface area contributed by atoms with Crippen LogP contribution in [0.25, 0.3) is 22.3 Å². The number of hydrogen-bond donors (Lipinski definition) is 2. The van der Waals surface area contributed by atoms with Crippen molar-refractivity contribution in [2.24, 2.45) is 0 Å². The summed E-state index contributed by atoms with van der Waals surface area (Å²) in [6, 6.07) is 21.3. The van der Waals surface area contributed by atoms with Gasteiger partial charge in [0.05, 0.1) is 11.3 Å². The van der Waals surface area contributed by atoms with Crippen molar-refractivity contribution in [2.45, 2.75) is 32.2 Å². The first-order valence-electron chi connectivity index (χ1n) is 11.1. The number of amides is 2. The fourth-order valence-corrected chi connectivity index (χ4v) is 4.27. The minimum absolute atomic E-state index is 0.101. The smallest absolute Gasteiger partial charge is 0.269 e. The molecule has 2 N–H and O–H groups in total. The highest BCUT2D eigenvalue weighted by molar-refractivity contribution is 8.00. The van der Waals surface area contributed by atoms with E-state index in [1.54, 1.807) is 12.1 Å². The predicted molar refractivity (Wildman–Crippen MR) is 137 cm³/mol.